The summed E-state index contributed by atoms with van der Waals surface area (Å²) in [6.45, 7) is 0. The fourth-order valence-corrected chi connectivity index (χ4v) is 9.60. The van der Waals surface area contributed by atoms with Crippen molar-refractivity contribution in [2.24, 2.45) is 0 Å². The minimum Gasteiger partial charge on any atom is -0.507 e. The van der Waals surface area contributed by atoms with E-state index in [1.54, 1.807) is 24.3 Å². The maximum absolute atomic E-state index is 12.0. The number of allylic oxidation sites excluding steroid dienone is 2. The fourth-order valence-electron chi connectivity index (χ4n) is 9.60. The molecule has 0 amide bonds. The van der Waals surface area contributed by atoms with Crippen molar-refractivity contribution in [1.82, 2.24) is 0 Å². The van der Waals surface area contributed by atoms with Crippen LogP contribution in [0, 0.1) is 0 Å². The maximum Gasteiger partial charge on any atom is 0.139 e. The Morgan fingerprint density at radius 2 is 0.471 bits per heavy atom. The van der Waals surface area contributed by atoms with Crippen LogP contribution < -0.4 is 9.80 Å². The fraction of sp³-hybridized carbons (Fsp3) is 0. The van der Waals surface area contributed by atoms with Gasteiger partial charge in [0.05, 0.1) is 33.9 Å². The van der Waals surface area contributed by atoms with Gasteiger partial charge in [-0.1, -0.05) is 194 Å². The summed E-state index contributed by atoms with van der Waals surface area (Å²) in [7, 11) is 0. The summed E-state index contributed by atoms with van der Waals surface area (Å²) in [5.41, 5.74) is 13.7. The molecule has 10 aromatic carbocycles. The molecule has 0 radical (unpaired) electrons. The van der Waals surface area contributed by atoms with Gasteiger partial charge in [0.25, 0.3) is 0 Å². The van der Waals surface area contributed by atoms with Gasteiger partial charge < -0.3 is 30.2 Å². The number of nitrogens with zero attached hydrogens (tertiary/aromatic N) is 2. The normalized spacial score (nSPS) is 12.1. The van der Waals surface area contributed by atoms with Gasteiger partial charge in [0.2, 0.25) is 0 Å². The molecule has 0 saturated carbocycles. The Kier molecular flexibility index (Phi) is 11.5. The van der Waals surface area contributed by atoms with Crippen molar-refractivity contribution in [3.8, 4) is 56.0 Å². The van der Waals surface area contributed by atoms with E-state index in [1.807, 2.05) is 133 Å². The van der Waals surface area contributed by atoms with Crippen molar-refractivity contribution in [2.75, 3.05) is 9.80 Å². The van der Waals surface area contributed by atoms with E-state index in [9.17, 15) is 20.4 Å². The average Bonchev–Trinajstić information content (AvgIpc) is 3.42. The van der Waals surface area contributed by atoms with Gasteiger partial charge in [0, 0.05) is 56.9 Å². The number of benzene rings is 10. The molecule has 0 aromatic heterocycles. The number of phenols is 2. The lowest BCUT2D eigenvalue weighted by atomic mass is 9.83. The van der Waals surface area contributed by atoms with Crippen molar-refractivity contribution < 1.29 is 20.4 Å². The van der Waals surface area contributed by atoms with Gasteiger partial charge >= 0.3 is 0 Å². The van der Waals surface area contributed by atoms with Crippen LogP contribution in [0.1, 0.15) is 11.1 Å². The molecule has 0 unspecified atom stereocenters. The van der Waals surface area contributed by atoms with Crippen molar-refractivity contribution in [2.45, 2.75) is 0 Å². The third-order valence-electron chi connectivity index (χ3n) is 12.9. The van der Waals surface area contributed by atoms with Crippen LogP contribution in [0.4, 0.5) is 34.1 Å². The molecule has 0 saturated heterocycles. The molecule has 70 heavy (non-hydrogen) atoms. The Bertz CT molecular complexity index is 3170. The molecule has 0 fully saturated rings. The van der Waals surface area contributed by atoms with Gasteiger partial charge in [-0.2, -0.15) is 0 Å². The van der Waals surface area contributed by atoms with Gasteiger partial charge in [0.15, 0.2) is 0 Å². The summed E-state index contributed by atoms with van der Waals surface area (Å²) < 4.78 is 0. The zero-order chi connectivity index (χ0) is 47.6. The molecule has 0 atom stereocenters. The number of anilines is 6. The van der Waals surface area contributed by atoms with Crippen LogP contribution in [-0.2, 0) is 0 Å². The Morgan fingerprint density at radius 3 is 0.729 bits per heavy atom. The Balaban J connectivity index is 0.979. The molecule has 0 spiro atoms. The smallest absolute Gasteiger partial charge is 0.139 e. The number of rotatable bonds is 12. The molecule has 4 N–H and O–H groups in total. The molecule has 1 aliphatic rings. The van der Waals surface area contributed by atoms with E-state index in [0.717, 1.165) is 67.3 Å². The van der Waals surface area contributed by atoms with E-state index in [0.29, 0.717) is 11.4 Å². The van der Waals surface area contributed by atoms with Gasteiger partial charge in [-0.25, -0.2) is 0 Å². The second-order valence-electron chi connectivity index (χ2n) is 17.1. The van der Waals surface area contributed by atoms with Crippen LogP contribution in [-0.4, -0.2) is 20.4 Å². The highest BCUT2D eigenvalue weighted by Gasteiger charge is 2.35. The Morgan fingerprint density at radius 1 is 0.229 bits per heavy atom. The van der Waals surface area contributed by atoms with Gasteiger partial charge in [-0.05, 0) is 70.8 Å². The Labute approximate surface area is 407 Å². The largest absolute Gasteiger partial charge is 0.507 e. The zero-order valence-corrected chi connectivity index (χ0v) is 37.9. The summed E-state index contributed by atoms with van der Waals surface area (Å²) in [5, 5.41) is 47.6. The van der Waals surface area contributed by atoms with Crippen LogP contribution in [0.25, 0.3) is 55.7 Å². The molecule has 6 heteroatoms. The molecular formula is C64H46N2O4. The van der Waals surface area contributed by atoms with E-state index < -0.39 is 0 Å². The second kappa shape index (κ2) is 18.6. The predicted molar refractivity (Wildman–Crippen MR) is 286 cm³/mol. The molecule has 6 nitrogen and oxygen atoms in total. The summed E-state index contributed by atoms with van der Waals surface area (Å²) in [4.78, 5) is 4.26. The Hall–Kier alpha value is -9.52. The molecule has 11 rings (SSSR count). The third-order valence-corrected chi connectivity index (χ3v) is 12.9. The minimum atomic E-state index is -0.245. The van der Waals surface area contributed by atoms with Crippen LogP contribution in [0.2, 0.25) is 0 Å². The van der Waals surface area contributed by atoms with E-state index in [1.165, 1.54) is 0 Å². The lowest BCUT2D eigenvalue weighted by molar-refractivity contribution is 0.386. The van der Waals surface area contributed by atoms with Crippen molar-refractivity contribution in [3.63, 3.8) is 0 Å². The first-order valence-corrected chi connectivity index (χ1v) is 23.2. The van der Waals surface area contributed by atoms with Crippen molar-refractivity contribution >= 4 is 45.3 Å². The number of para-hydroxylation sites is 4. The lowest BCUT2D eigenvalue weighted by Gasteiger charge is -2.31. The number of hydrogen-bond donors (Lipinski definition) is 4. The molecular weight excluding hydrogens is 861 g/mol. The third kappa shape index (κ3) is 7.89. The van der Waals surface area contributed by atoms with E-state index in [-0.39, 0.29) is 45.3 Å². The zero-order valence-electron chi connectivity index (χ0n) is 37.9. The number of aliphatic hydroxyl groups is 2. The number of aromatic hydroxyl groups is 2. The van der Waals surface area contributed by atoms with Crippen molar-refractivity contribution in [3.05, 3.63) is 277 Å². The van der Waals surface area contributed by atoms with Gasteiger partial charge in [-0.3, -0.25) is 0 Å². The molecule has 0 aliphatic heterocycles. The van der Waals surface area contributed by atoms with Crippen molar-refractivity contribution in [1.29, 1.82) is 0 Å². The average molecular weight is 907 g/mol. The number of phenolic OH excluding ortho intramolecular Hbond substituents is 2. The highest BCUT2D eigenvalue weighted by Crippen LogP contribution is 2.52. The summed E-state index contributed by atoms with van der Waals surface area (Å²) in [5.74, 6) is -0.781. The summed E-state index contributed by atoms with van der Waals surface area (Å²) in [6, 6.07) is 84.0. The standard InChI is InChI=1S/C64H46N2O4/c67-59-41-47(65(55-33-17-13-29-49(55)43-21-5-1-6-22-43)56-34-18-14-30-50(56)44-23-7-2-8-24-44)37-39-53(59)61-63(69)62(64(61)70)54-40-38-48(42-60(54)68)66(57-35-19-15-31-51(57)45-25-9-3-10-26-45)58-36-20-16-32-52(58)46-27-11-4-12-28-46/h1-42,67-70H. The van der Waals surface area contributed by atoms with E-state index in [4.69, 9.17) is 0 Å². The molecule has 10 aromatic rings. The summed E-state index contributed by atoms with van der Waals surface area (Å²) >= 11 is 0. The quantitative estimate of drug-likeness (QED) is 0.0977. The first-order chi connectivity index (χ1) is 34.4. The van der Waals surface area contributed by atoms with Crippen LogP contribution in [0.5, 0.6) is 11.5 Å². The predicted octanol–water partition coefficient (Wildman–Crippen LogP) is 17.0. The first-order valence-electron chi connectivity index (χ1n) is 23.2. The highest BCUT2D eigenvalue weighted by molar-refractivity contribution is 6.08. The topological polar surface area (TPSA) is 87.4 Å². The molecule has 1 aliphatic carbocycles. The second-order valence-corrected chi connectivity index (χ2v) is 17.1. The molecule has 0 bridgehead atoms. The number of hydrogen-bond acceptors (Lipinski definition) is 6. The molecule has 0 heterocycles. The van der Waals surface area contributed by atoms with E-state index >= 15 is 0 Å². The minimum absolute atomic E-state index is 0.0821. The van der Waals surface area contributed by atoms with E-state index in [2.05, 4.69) is 107 Å². The van der Waals surface area contributed by atoms with Gasteiger partial charge in [-0.15, -0.1) is 0 Å². The number of aliphatic hydroxyl groups excluding tert-OH is 2. The highest BCUT2D eigenvalue weighted by atomic mass is 16.3. The van der Waals surface area contributed by atoms with Gasteiger partial charge in [0.1, 0.15) is 23.0 Å². The molecule has 336 valence electrons. The summed E-state index contributed by atoms with van der Waals surface area (Å²) in [6.07, 6.45) is 0. The van der Waals surface area contributed by atoms with Crippen LogP contribution in [0.3, 0.4) is 0 Å². The van der Waals surface area contributed by atoms with Crippen LogP contribution >= 0.6 is 0 Å². The lowest BCUT2D eigenvalue weighted by Crippen LogP contribution is -2.14. The van der Waals surface area contributed by atoms with Crippen LogP contribution in [0.15, 0.2) is 266 Å². The SMILES string of the molecule is OC1=C(c2ccc(N(c3ccccc3-c3ccccc3)c3ccccc3-c3ccccc3)cc2O)C(O)=C1c1ccc(N(c2ccccc2-c2ccccc2)c2ccccc2-c2ccccc2)cc1O. The maximum atomic E-state index is 12.0. The monoisotopic (exact) mass is 906 g/mol. The first kappa shape index (κ1) is 43.1.